The molecule has 1 fully saturated rings. The number of hydrogen-bond acceptors (Lipinski definition) is 3. The maximum atomic E-state index is 12.1. The van der Waals surface area contributed by atoms with Gasteiger partial charge in [-0.2, -0.15) is 0 Å². The molecule has 0 bridgehead atoms. The van der Waals surface area contributed by atoms with E-state index in [0.717, 1.165) is 38.3 Å². The maximum absolute atomic E-state index is 12.1. The van der Waals surface area contributed by atoms with Crippen molar-refractivity contribution >= 4 is 5.91 Å². The number of carbonyl (C=O) groups excluding carboxylic acids is 1. The fourth-order valence-electron chi connectivity index (χ4n) is 3.35. The number of hydrogen-bond donors (Lipinski definition) is 0. The van der Waals surface area contributed by atoms with E-state index in [2.05, 4.69) is 30.9 Å². The van der Waals surface area contributed by atoms with Crippen molar-refractivity contribution < 1.29 is 9.53 Å². The first-order valence-electron chi connectivity index (χ1n) is 9.76. The minimum Gasteiger partial charge on any atom is -0.497 e. The molecule has 1 aliphatic heterocycles. The van der Waals surface area contributed by atoms with Gasteiger partial charge in [-0.15, -0.1) is 0 Å². The summed E-state index contributed by atoms with van der Waals surface area (Å²) in [5.41, 5.74) is 1.36. The quantitative estimate of drug-likeness (QED) is 0.666. The van der Waals surface area contributed by atoms with Crippen LogP contribution in [-0.4, -0.2) is 56.0 Å². The Morgan fingerprint density at radius 3 is 2.50 bits per heavy atom. The van der Waals surface area contributed by atoms with Crippen molar-refractivity contribution in [2.45, 2.75) is 33.1 Å². The number of benzene rings is 1. The van der Waals surface area contributed by atoms with Crippen LogP contribution in [0.2, 0.25) is 0 Å². The van der Waals surface area contributed by atoms with Gasteiger partial charge in [-0.3, -0.25) is 4.79 Å². The second-order valence-corrected chi connectivity index (χ2v) is 7.70. The summed E-state index contributed by atoms with van der Waals surface area (Å²) in [7, 11) is 3.62. The molecule has 0 N–H and O–H groups in total. The van der Waals surface area contributed by atoms with E-state index in [1.54, 1.807) is 13.2 Å². The van der Waals surface area contributed by atoms with Gasteiger partial charge in [0.1, 0.15) is 5.75 Å². The summed E-state index contributed by atoms with van der Waals surface area (Å²) in [6, 6.07) is 8.36. The molecule has 0 radical (unpaired) electrons. The van der Waals surface area contributed by atoms with Crippen molar-refractivity contribution in [3.63, 3.8) is 0 Å². The van der Waals surface area contributed by atoms with Crippen molar-refractivity contribution in [3.05, 3.63) is 42.0 Å². The highest BCUT2D eigenvalue weighted by molar-refractivity contribution is 5.87. The van der Waals surface area contributed by atoms with E-state index < -0.39 is 0 Å². The van der Waals surface area contributed by atoms with Crippen molar-refractivity contribution in [2.75, 3.05) is 40.3 Å². The van der Waals surface area contributed by atoms with Crippen LogP contribution >= 0.6 is 0 Å². The van der Waals surface area contributed by atoms with Crippen LogP contribution in [0.1, 0.15) is 32.3 Å². The molecule has 4 nitrogen and oxygen atoms in total. The monoisotopic (exact) mass is 358 g/mol. The van der Waals surface area contributed by atoms with Gasteiger partial charge in [-0.1, -0.05) is 32.1 Å². The Bertz CT molecular complexity index is 572. The molecule has 1 saturated heterocycles. The maximum Gasteiger partial charge on any atom is 0.245 e. The third kappa shape index (κ3) is 6.83. The molecule has 1 aliphatic rings. The predicted octanol–water partition coefficient (Wildman–Crippen LogP) is 3.62. The molecule has 1 heterocycles. The lowest BCUT2D eigenvalue weighted by Gasteiger charge is -2.33. The van der Waals surface area contributed by atoms with E-state index >= 15 is 0 Å². The first-order valence-corrected chi connectivity index (χ1v) is 9.76. The summed E-state index contributed by atoms with van der Waals surface area (Å²) in [6.45, 7) is 8.41. The van der Waals surface area contributed by atoms with Gasteiger partial charge in [0, 0.05) is 20.1 Å². The molecule has 4 heteroatoms. The highest BCUT2D eigenvalue weighted by Gasteiger charge is 2.21. The van der Waals surface area contributed by atoms with Crippen LogP contribution in [0.15, 0.2) is 36.4 Å². The second kappa shape index (κ2) is 10.4. The fourth-order valence-corrected chi connectivity index (χ4v) is 3.35. The largest absolute Gasteiger partial charge is 0.497 e. The smallest absolute Gasteiger partial charge is 0.245 e. The number of likely N-dealkylation sites (tertiary alicyclic amines) is 1. The number of piperidine rings is 1. The first-order chi connectivity index (χ1) is 12.5. The Labute approximate surface area is 158 Å². The molecule has 1 amide bonds. The minimum absolute atomic E-state index is 0.126. The van der Waals surface area contributed by atoms with E-state index in [-0.39, 0.29) is 5.91 Å². The van der Waals surface area contributed by atoms with Gasteiger partial charge in [-0.05, 0) is 68.0 Å². The topological polar surface area (TPSA) is 32.8 Å². The van der Waals surface area contributed by atoms with E-state index in [9.17, 15) is 4.79 Å². The number of amides is 1. The van der Waals surface area contributed by atoms with Gasteiger partial charge in [0.05, 0.1) is 7.11 Å². The third-order valence-corrected chi connectivity index (χ3v) is 5.11. The van der Waals surface area contributed by atoms with Crippen molar-refractivity contribution in [2.24, 2.45) is 11.8 Å². The number of nitrogens with zero attached hydrogens (tertiary/aromatic N) is 2. The highest BCUT2D eigenvalue weighted by Crippen LogP contribution is 2.19. The number of likely N-dealkylation sites (N-methyl/N-ethyl adjacent to an activating group) is 1. The van der Waals surface area contributed by atoms with Gasteiger partial charge in [0.2, 0.25) is 5.91 Å². The highest BCUT2D eigenvalue weighted by atomic mass is 16.5. The normalized spacial score (nSPS) is 16.3. The lowest BCUT2D eigenvalue weighted by atomic mass is 9.96. The molecule has 2 rings (SSSR count). The summed E-state index contributed by atoms with van der Waals surface area (Å²) in [4.78, 5) is 16.5. The molecular weight excluding hydrogens is 324 g/mol. The van der Waals surface area contributed by atoms with Crippen LogP contribution in [0.25, 0.3) is 0 Å². The van der Waals surface area contributed by atoms with Crippen LogP contribution in [0.3, 0.4) is 0 Å². The van der Waals surface area contributed by atoms with Gasteiger partial charge in [0.15, 0.2) is 0 Å². The predicted molar refractivity (Wildman–Crippen MR) is 107 cm³/mol. The standard InChI is InChI=1S/C22H34N2O2/c1-18(2)5-10-22(25)23(3)17-20-12-15-24(16-13-20)14-11-19-6-8-21(26-4)9-7-19/h5-10,18,20H,11-17H2,1-4H3/b10-5+. The summed E-state index contributed by atoms with van der Waals surface area (Å²) in [5.74, 6) is 2.08. The number of allylic oxidation sites excluding steroid dienone is 1. The Morgan fingerprint density at radius 1 is 1.27 bits per heavy atom. The van der Waals surface area contributed by atoms with Gasteiger partial charge in [0.25, 0.3) is 0 Å². The van der Waals surface area contributed by atoms with Crippen LogP contribution < -0.4 is 4.74 Å². The lowest BCUT2D eigenvalue weighted by molar-refractivity contribution is -0.125. The Balaban J connectivity index is 1.68. The lowest BCUT2D eigenvalue weighted by Crippen LogP contribution is -2.39. The van der Waals surface area contributed by atoms with E-state index in [1.165, 1.54) is 18.4 Å². The van der Waals surface area contributed by atoms with Crippen molar-refractivity contribution in [1.82, 2.24) is 9.80 Å². The van der Waals surface area contributed by atoms with E-state index in [0.29, 0.717) is 11.8 Å². The average Bonchev–Trinajstić information content (AvgIpc) is 2.65. The minimum atomic E-state index is 0.126. The molecular formula is C22H34N2O2. The van der Waals surface area contributed by atoms with E-state index in [1.807, 2.05) is 30.2 Å². The average molecular weight is 359 g/mol. The summed E-state index contributed by atoms with van der Waals surface area (Å²) < 4.78 is 5.21. The molecule has 0 aliphatic carbocycles. The molecule has 1 aromatic carbocycles. The Kier molecular flexibility index (Phi) is 8.17. The molecule has 0 aromatic heterocycles. The number of rotatable bonds is 8. The summed E-state index contributed by atoms with van der Waals surface area (Å²) >= 11 is 0. The SMILES string of the molecule is COc1ccc(CCN2CCC(CN(C)C(=O)/C=C/C(C)C)CC2)cc1. The van der Waals surface area contributed by atoms with Crippen LogP contribution in [0, 0.1) is 11.8 Å². The van der Waals surface area contributed by atoms with Gasteiger partial charge >= 0.3 is 0 Å². The first kappa shape index (κ1) is 20.5. The van der Waals surface area contributed by atoms with Crippen LogP contribution in [0.4, 0.5) is 0 Å². The van der Waals surface area contributed by atoms with Crippen molar-refractivity contribution in [3.8, 4) is 5.75 Å². The van der Waals surface area contributed by atoms with Crippen LogP contribution in [0.5, 0.6) is 5.75 Å². The summed E-state index contributed by atoms with van der Waals surface area (Å²) in [5, 5.41) is 0. The molecule has 144 valence electrons. The number of methoxy groups -OCH3 is 1. The Hall–Kier alpha value is -1.81. The van der Waals surface area contributed by atoms with Gasteiger partial charge < -0.3 is 14.5 Å². The second-order valence-electron chi connectivity index (χ2n) is 7.70. The molecule has 0 saturated carbocycles. The number of ether oxygens (including phenoxy) is 1. The number of carbonyl (C=O) groups is 1. The molecule has 0 atom stereocenters. The molecule has 0 spiro atoms. The zero-order valence-corrected chi connectivity index (χ0v) is 16.8. The third-order valence-electron chi connectivity index (χ3n) is 5.11. The zero-order chi connectivity index (χ0) is 18.9. The Morgan fingerprint density at radius 2 is 1.92 bits per heavy atom. The molecule has 26 heavy (non-hydrogen) atoms. The van der Waals surface area contributed by atoms with Gasteiger partial charge in [-0.25, -0.2) is 0 Å². The summed E-state index contributed by atoms with van der Waals surface area (Å²) in [6.07, 6.45) is 7.12. The molecule has 0 unspecified atom stereocenters. The van der Waals surface area contributed by atoms with Crippen molar-refractivity contribution in [1.29, 1.82) is 0 Å². The van der Waals surface area contributed by atoms with E-state index in [4.69, 9.17) is 4.74 Å². The molecule has 1 aromatic rings. The van der Waals surface area contributed by atoms with Crippen LogP contribution in [-0.2, 0) is 11.2 Å². The zero-order valence-electron chi connectivity index (χ0n) is 16.8. The fraction of sp³-hybridized carbons (Fsp3) is 0.591.